The summed E-state index contributed by atoms with van der Waals surface area (Å²) in [4.78, 5) is 43.7. The number of ether oxygens (including phenoxy) is 1. The molecule has 178 valence electrons. The molecule has 3 rings (SSSR count). The molecule has 0 radical (unpaired) electrons. The Hall–Kier alpha value is -1.32. The molecular formula is C23H33BrN2O5S. The van der Waals surface area contributed by atoms with E-state index in [0.717, 1.165) is 6.42 Å². The van der Waals surface area contributed by atoms with E-state index in [1.165, 1.54) is 4.90 Å². The van der Waals surface area contributed by atoms with Crippen molar-refractivity contribution in [1.29, 1.82) is 0 Å². The fourth-order valence-electron chi connectivity index (χ4n) is 5.37. The minimum atomic E-state index is -0.733. The van der Waals surface area contributed by atoms with E-state index in [1.807, 2.05) is 13.8 Å². The monoisotopic (exact) mass is 528 g/mol. The van der Waals surface area contributed by atoms with Crippen LogP contribution in [0.5, 0.6) is 0 Å². The number of nitrogens with zero attached hydrogens (tertiary/aromatic N) is 2. The highest BCUT2D eigenvalue weighted by Crippen LogP contribution is 2.68. The summed E-state index contributed by atoms with van der Waals surface area (Å²) in [5, 5.41) is 9.54. The summed E-state index contributed by atoms with van der Waals surface area (Å²) in [5.41, 5.74) is 0. The molecule has 3 heterocycles. The largest absolute Gasteiger partial charge is 0.465 e. The van der Waals surface area contributed by atoms with Crippen LogP contribution >= 0.6 is 27.7 Å². The lowest BCUT2D eigenvalue weighted by molar-refractivity contribution is -0.154. The molecule has 1 spiro atoms. The van der Waals surface area contributed by atoms with E-state index in [4.69, 9.17) is 4.74 Å². The Balaban J connectivity index is 1.96. The zero-order valence-corrected chi connectivity index (χ0v) is 21.1. The summed E-state index contributed by atoms with van der Waals surface area (Å²) in [6.45, 7) is 11.8. The molecule has 3 aliphatic rings. The number of amides is 2. The molecule has 2 amide bonds. The van der Waals surface area contributed by atoms with Gasteiger partial charge in [0, 0.05) is 29.2 Å². The third-order valence-electron chi connectivity index (χ3n) is 6.67. The van der Waals surface area contributed by atoms with Crippen molar-refractivity contribution < 1.29 is 24.2 Å². The van der Waals surface area contributed by atoms with Gasteiger partial charge in [0.05, 0.1) is 29.8 Å². The summed E-state index contributed by atoms with van der Waals surface area (Å²) >= 11 is 5.29. The van der Waals surface area contributed by atoms with Gasteiger partial charge in [-0.05, 0) is 33.1 Å². The van der Waals surface area contributed by atoms with Crippen LogP contribution in [0.1, 0.15) is 33.1 Å². The molecular weight excluding hydrogens is 496 g/mol. The average Bonchev–Trinajstić information content (AvgIpc) is 3.33. The van der Waals surface area contributed by atoms with Crippen molar-refractivity contribution in [3.63, 3.8) is 0 Å². The molecule has 0 saturated carbocycles. The highest BCUT2D eigenvalue weighted by Gasteiger charge is 2.76. The summed E-state index contributed by atoms with van der Waals surface area (Å²) in [5.74, 6) is -2.00. The predicted octanol–water partition coefficient (Wildman–Crippen LogP) is 2.38. The van der Waals surface area contributed by atoms with Crippen molar-refractivity contribution in [2.24, 2.45) is 11.8 Å². The lowest BCUT2D eigenvalue weighted by Crippen LogP contribution is -2.57. The molecule has 7 nitrogen and oxygen atoms in total. The summed E-state index contributed by atoms with van der Waals surface area (Å²) in [7, 11) is 0. The molecule has 3 aliphatic heterocycles. The van der Waals surface area contributed by atoms with Crippen molar-refractivity contribution in [1.82, 2.24) is 9.80 Å². The van der Waals surface area contributed by atoms with Gasteiger partial charge in [0.25, 0.3) is 0 Å². The average molecular weight is 529 g/mol. The van der Waals surface area contributed by atoms with Crippen LogP contribution in [-0.2, 0) is 19.1 Å². The zero-order chi connectivity index (χ0) is 23.6. The fourth-order valence-corrected chi connectivity index (χ4v) is 8.97. The van der Waals surface area contributed by atoms with Gasteiger partial charge >= 0.3 is 5.97 Å². The second-order valence-electron chi connectivity index (χ2n) is 8.89. The molecule has 9 heteroatoms. The maximum atomic E-state index is 13.8. The van der Waals surface area contributed by atoms with Gasteiger partial charge < -0.3 is 19.6 Å². The van der Waals surface area contributed by atoms with Gasteiger partial charge in [-0.1, -0.05) is 28.1 Å². The SMILES string of the molecule is C=CCCCOC(=O)[C@H]1[C@@H]2SC3(CC2Br)C(C(=O)N(CC=C)C(C)C)N(CCO)C(=O)[C@H]13. The number of halogens is 1. The van der Waals surface area contributed by atoms with Crippen LogP contribution in [0.4, 0.5) is 0 Å². The Kier molecular flexibility index (Phi) is 8.15. The fraction of sp³-hybridized carbons (Fsp3) is 0.696. The number of alkyl halides is 1. The van der Waals surface area contributed by atoms with Crippen LogP contribution in [-0.4, -0.2) is 85.9 Å². The maximum absolute atomic E-state index is 13.8. The smallest absolute Gasteiger partial charge is 0.310 e. The van der Waals surface area contributed by atoms with Crippen LogP contribution < -0.4 is 0 Å². The van der Waals surface area contributed by atoms with E-state index in [9.17, 15) is 19.5 Å². The maximum Gasteiger partial charge on any atom is 0.310 e. The zero-order valence-electron chi connectivity index (χ0n) is 18.7. The number of allylic oxidation sites excluding steroid dienone is 1. The number of likely N-dealkylation sites (tertiary alicyclic amines) is 1. The first kappa shape index (κ1) is 25.3. The number of carbonyl (C=O) groups excluding carboxylic acids is 3. The highest BCUT2D eigenvalue weighted by atomic mass is 79.9. The topological polar surface area (TPSA) is 87.2 Å². The van der Waals surface area contributed by atoms with Crippen molar-refractivity contribution in [2.75, 3.05) is 26.3 Å². The third-order valence-corrected chi connectivity index (χ3v) is 9.89. The first-order valence-electron chi connectivity index (χ1n) is 11.2. The number of unbranched alkanes of at least 4 members (excludes halogenated alkanes) is 1. The molecule has 3 fully saturated rings. The second-order valence-corrected chi connectivity index (χ2v) is 11.6. The van der Waals surface area contributed by atoms with Crippen molar-refractivity contribution in [2.45, 2.75) is 60.0 Å². The Bertz CT molecular complexity index is 777. The normalized spacial score (nSPS) is 32.8. The van der Waals surface area contributed by atoms with E-state index in [1.54, 1.807) is 28.8 Å². The minimum Gasteiger partial charge on any atom is -0.465 e. The Morgan fingerprint density at radius 3 is 2.72 bits per heavy atom. The Morgan fingerprint density at radius 1 is 1.41 bits per heavy atom. The van der Waals surface area contributed by atoms with Crippen molar-refractivity contribution >= 4 is 45.5 Å². The van der Waals surface area contributed by atoms with Crippen LogP contribution in [0.25, 0.3) is 0 Å². The van der Waals surface area contributed by atoms with E-state index < -0.39 is 22.6 Å². The first-order chi connectivity index (χ1) is 15.2. The lowest BCUT2D eigenvalue weighted by atomic mass is 9.71. The second kappa shape index (κ2) is 10.3. The summed E-state index contributed by atoms with van der Waals surface area (Å²) < 4.78 is 4.83. The Morgan fingerprint density at radius 2 is 2.12 bits per heavy atom. The number of hydrogen-bond donors (Lipinski definition) is 1. The van der Waals surface area contributed by atoms with E-state index in [-0.39, 0.29) is 53.7 Å². The number of aliphatic hydroxyl groups excluding tert-OH is 1. The molecule has 6 atom stereocenters. The lowest BCUT2D eigenvalue weighted by Gasteiger charge is -2.38. The van der Waals surface area contributed by atoms with Crippen molar-refractivity contribution in [3.8, 4) is 0 Å². The van der Waals surface area contributed by atoms with Crippen LogP contribution in [0.15, 0.2) is 25.3 Å². The van der Waals surface area contributed by atoms with Gasteiger partial charge in [-0.25, -0.2) is 0 Å². The summed E-state index contributed by atoms with van der Waals surface area (Å²) in [6, 6.07) is -0.806. The molecule has 32 heavy (non-hydrogen) atoms. The molecule has 1 N–H and O–H groups in total. The van der Waals surface area contributed by atoms with E-state index in [0.29, 0.717) is 19.4 Å². The number of carbonyl (C=O) groups is 3. The number of thioether (sulfide) groups is 1. The van der Waals surface area contributed by atoms with Gasteiger partial charge in [0.1, 0.15) is 6.04 Å². The number of rotatable bonds is 11. The Labute approximate surface area is 202 Å². The van der Waals surface area contributed by atoms with Gasteiger partial charge in [0.2, 0.25) is 11.8 Å². The van der Waals surface area contributed by atoms with Crippen LogP contribution in [0.3, 0.4) is 0 Å². The number of aliphatic hydroxyl groups is 1. The molecule has 3 unspecified atom stereocenters. The number of fused-ring (bicyclic) bond motifs is 1. The van der Waals surface area contributed by atoms with Gasteiger partial charge in [-0.15, -0.1) is 24.9 Å². The quantitative estimate of drug-likeness (QED) is 0.192. The highest BCUT2D eigenvalue weighted by molar-refractivity contribution is 9.09. The predicted molar refractivity (Wildman–Crippen MR) is 128 cm³/mol. The van der Waals surface area contributed by atoms with Crippen molar-refractivity contribution in [3.05, 3.63) is 25.3 Å². The van der Waals surface area contributed by atoms with E-state index >= 15 is 0 Å². The number of β-amino-alcohol motifs (C(OH)–C–C–N with tert-alkyl or cyclic N) is 1. The van der Waals surface area contributed by atoms with Gasteiger partial charge in [-0.2, -0.15) is 0 Å². The molecule has 0 aromatic rings. The molecule has 2 bridgehead atoms. The third kappa shape index (κ3) is 4.16. The standard InChI is InChI=1S/C23H33BrN2O5S/c1-5-7-8-12-31-22(30)16-17-20(28)26(10-11-27)19(21(29)25(9-6-2)14(3)4)23(17)13-15(24)18(16)32-23/h5-6,14-19,27H,1-2,7-13H2,3-4H3/t15?,16-,17+,18-,19?,23?/m1/s1. The summed E-state index contributed by atoms with van der Waals surface area (Å²) in [6.07, 6.45) is 5.49. The molecule has 0 aromatic heterocycles. The minimum absolute atomic E-state index is 0.00134. The molecule has 0 aliphatic carbocycles. The molecule has 0 aromatic carbocycles. The van der Waals surface area contributed by atoms with Crippen LogP contribution in [0.2, 0.25) is 0 Å². The number of hydrogen-bond acceptors (Lipinski definition) is 6. The molecule has 3 saturated heterocycles. The van der Waals surface area contributed by atoms with Crippen LogP contribution in [0, 0.1) is 11.8 Å². The first-order valence-corrected chi connectivity index (χ1v) is 13.0. The number of esters is 1. The van der Waals surface area contributed by atoms with Gasteiger partial charge in [-0.3, -0.25) is 14.4 Å². The van der Waals surface area contributed by atoms with E-state index in [2.05, 4.69) is 29.1 Å². The van der Waals surface area contributed by atoms with Gasteiger partial charge in [0.15, 0.2) is 0 Å².